The van der Waals surface area contributed by atoms with Gasteiger partial charge in [-0.25, -0.2) is 0 Å². The maximum Gasteiger partial charge on any atom is 0.0175 e. The maximum absolute atomic E-state index is 3.50. The Labute approximate surface area is 112 Å². The molecule has 1 aromatic rings. The van der Waals surface area contributed by atoms with Crippen LogP contribution in [0.15, 0.2) is 28.7 Å². The van der Waals surface area contributed by atoms with Gasteiger partial charge >= 0.3 is 0 Å². The van der Waals surface area contributed by atoms with Gasteiger partial charge in [0.2, 0.25) is 0 Å². The van der Waals surface area contributed by atoms with Gasteiger partial charge < -0.3 is 0 Å². The molecule has 2 fully saturated rings. The van der Waals surface area contributed by atoms with E-state index in [2.05, 4.69) is 52.0 Å². The van der Waals surface area contributed by atoms with Crippen molar-refractivity contribution in [1.29, 1.82) is 0 Å². The third-order valence-electron chi connectivity index (χ3n) is 4.53. The minimum absolute atomic E-state index is 0.806. The summed E-state index contributed by atoms with van der Waals surface area (Å²) >= 11 is 3.50. The lowest BCUT2D eigenvalue weighted by Gasteiger charge is -2.43. The average molecular weight is 294 g/mol. The first kappa shape index (κ1) is 11.7. The molecular weight excluding hydrogens is 274 g/mol. The van der Waals surface area contributed by atoms with E-state index in [1.165, 1.54) is 42.3 Å². The molecule has 1 aliphatic heterocycles. The van der Waals surface area contributed by atoms with E-state index in [0.29, 0.717) is 0 Å². The highest BCUT2D eigenvalue weighted by molar-refractivity contribution is 9.10. The van der Waals surface area contributed by atoms with Crippen LogP contribution < -0.4 is 0 Å². The topological polar surface area (TPSA) is 3.24 Å². The predicted octanol–water partition coefficient (Wildman–Crippen LogP) is 4.18. The second-order valence-electron chi connectivity index (χ2n) is 5.60. The number of likely N-dealkylation sites (tertiary alicyclic amines) is 1. The summed E-state index contributed by atoms with van der Waals surface area (Å²) in [4.78, 5) is 2.73. The van der Waals surface area contributed by atoms with E-state index in [-0.39, 0.29) is 0 Å². The maximum atomic E-state index is 3.50. The predicted molar refractivity (Wildman–Crippen MR) is 75.3 cm³/mol. The molecule has 1 saturated carbocycles. The van der Waals surface area contributed by atoms with Crippen LogP contribution in [0.5, 0.6) is 0 Å². The lowest BCUT2D eigenvalue weighted by molar-refractivity contribution is 0.103. The second kappa shape index (κ2) is 4.74. The van der Waals surface area contributed by atoms with Crippen molar-refractivity contribution in [2.24, 2.45) is 0 Å². The largest absolute Gasteiger partial charge is 0.298 e. The molecule has 1 nitrogen and oxygen atoms in total. The normalized spacial score (nSPS) is 33.6. The Bertz CT molecular complexity index is 380. The van der Waals surface area contributed by atoms with Gasteiger partial charge in [-0.2, -0.15) is 0 Å². The Morgan fingerprint density at radius 1 is 1.18 bits per heavy atom. The van der Waals surface area contributed by atoms with E-state index >= 15 is 0 Å². The summed E-state index contributed by atoms with van der Waals surface area (Å²) in [5, 5.41) is 0. The van der Waals surface area contributed by atoms with Gasteiger partial charge in [0.05, 0.1) is 0 Å². The Morgan fingerprint density at radius 3 is 2.47 bits per heavy atom. The molecule has 0 aromatic heterocycles. The van der Waals surface area contributed by atoms with Gasteiger partial charge in [0.1, 0.15) is 0 Å². The summed E-state index contributed by atoms with van der Waals surface area (Å²) in [5.41, 5.74) is 1.52. The summed E-state index contributed by atoms with van der Waals surface area (Å²) in [7, 11) is 0. The van der Waals surface area contributed by atoms with Crippen molar-refractivity contribution in [1.82, 2.24) is 4.90 Å². The van der Waals surface area contributed by atoms with E-state index in [0.717, 1.165) is 18.0 Å². The van der Waals surface area contributed by atoms with Crippen LogP contribution in [0.2, 0.25) is 0 Å². The van der Waals surface area contributed by atoms with Crippen LogP contribution in [0.25, 0.3) is 0 Å². The van der Waals surface area contributed by atoms with E-state index in [4.69, 9.17) is 0 Å². The molecule has 1 unspecified atom stereocenters. The first-order valence-electron chi connectivity index (χ1n) is 6.75. The summed E-state index contributed by atoms with van der Waals surface area (Å²) in [6, 6.07) is 10.6. The monoisotopic (exact) mass is 293 g/mol. The molecule has 0 amide bonds. The van der Waals surface area contributed by atoms with Crippen LogP contribution in [0.3, 0.4) is 0 Å². The highest BCUT2D eigenvalue weighted by Crippen LogP contribution is 2.42. The highest BCUT2D eigenvalue weighted by atomic mass is 79.9. The summed E-state index contributed by atoms with van der Waals surface area (Å²) < 4.78 is 1.19. The Hall–Kier alpha value is -0.340. The van der Waals surface area contributed by atoms with Crippen molar-refractivity contribution in [3.05, 3.63) is 34.3 Å². The van der Waals surface area contributed by atoms with Crippen molar-refractivity contribution in [2.75, 3.05) is 6.54 Å². The number of hydrogen-bond donors (Lipinski definition) is 0. The standard InChI is InChI=1S/C15H20BrN/c1-11-3-2-8-17(11)15-9-13(10-15)12-4-6-14(16)7-5-12/h4-7,11,13,15H,2-3,8-10H2,1H3/t11?,13-,15-. The molecule has 92 valence electrons. The average Bonchev–Trinajstić information content (AvgIpc) is 2.66. The molecular formula is C15H20BrN. The number of rotatable bonds is 2. The molecule has 1 atom stereocenters. The molecule has 0 bridgehead atoms. The summed E-state index contributed by atoms with van der Waals surface area (Å²) in [5.74, 6) is 0.806. The van der Waals surface area contributed by atoms with Crippen LogP contribution >= 0.6 is 15.9 Å². The fourth-order valence-electron chi connectivity index (χ4n) is 3.36. The molecule has 0 N–H and O–H groups in total. The number of benzene rings is 1. The Balaban J connectivity index is 1.59. The van der Waals surface area contributed by atoms with E-state index < -0.39 is 0 Å². The lowest BCUT2D eigenvalue weighted by atomic mass is 9.75. The fraction of sp³-hybridized carbons (Fsp3) is 0.600. The number of halogens is 1. The first-order valence-corrected chi connectivity index (χ1v) is 7.54. The molecule has 3 rings (SSSR count). The van der Waals surface area contributed by atoms with Gasteiger partial charge in [-0.05, 0) is 62.8 Å². The van der Waals surface area contributed by atoms with E-state index in [1.807, 2.05) is 0 Å². The minimum atomic E-state index is 0.806. The molecule has 1 aromatic carbocycles. The van der Waals surface area contributed by atoms with Crippen molar-refractivity contribution in [2.45, 2.75) is 50.6 Å². The van der Waals surface area contributed by atoms with Gasteiger partial charge in [0, 0.05) is 16.6 Å². The van der Waals surface area contributed by atoms with Gasteiger partial charge in [-0.15, -0.1) is 0 Å². The third-order valence-corrected chi connectivity index (χ3v) is 5.06. The Kier molecular flexibility index (Phi) is 3.27. The van der Waals surface area contributed by atoms with E-state index in [9.17, 15) is 0 Å². The summed E-state index contributed by atoms with van der Waals surface area (Å²) in [6.45, 7) is 3.72. The van der Waals surface area contributed by atoms with Crippen LogP contribution in [0, 0.1) is 0 Å². The molecule has 1 heterocycles. The van der Waals surface area contributed by atoms with Gasteiger partial charge in [-0.3, -0.25) is 4.90 Å². The fourth-order valence-corrected chi connectivity index (χ4v) is 3.63. The van der Waals surface area contributed by atoms with Crippen molar-refractivity contribution < 1.29 is 0 Å². The smallest absolute Gasteiger partial charge is 0.0175 e. The zero-order valence-corrected chi connectivity index (χ0v) is 12.0. The number of hydrogen-bond acceptors (Lipinski definition) is 1. The van der Waals surface area contributed by atoms with Crippen LogP contribution in [0.4, 0.5) is 0 Å². The highest BCUT2D eigenvalue weighted by Gasteiger charge is 2.37. The number of nitrogens with zero attached hydrogens (tertiary/aromatic N) is 1. The molecule has 2 aliphatic rings. The van der Waals surface area contributed by atoms with E-state index in [1.54, 1.807) is 0 Å². The van der Waals surface area contributed by atoms with Gasteiger partial charge in [-0.1, -0.05) is 28.1 Å². The third kappa shape index (κ3) is 2.30. The molecule has 0 spiro atoms. The molecule has 1 aliphatic carbocycles. The van der Waals surface area contributed by atoms with Crippen LogP contribution in [-0.2, 0) is 0 Å². The van der Waals surface area contributed by atoms with Crippen molar-refractivity contribution >= 4 is 15.9 Å². The molecule has 1 saturated heterocycles. The van der Waals surface area contributed by atoms with Crippen LogP contribution in [-0.4, -0.2) is 23.5 Å². The van der Waals surface area contributed by atoms with Crippen molar-refractivity contribution in [3.63, 3.8) is 0 Å². The zero-order chi connectivity index (χ0) is 11.8. The molecule has 2 heteroatoms. The molecule has 0 radical (unpaired) electrons. The second-order valence-corrected chi connectivity index (χ2v) is 6.52. The van der Waals surface area contributed by atoms with Gasteiger partial charge in [0.25, 0.3) is 0 Å². The van der Waals surface area contributed by atoms with Crippen LogP contribution in [0.1, 0.15) is 44.1 Å². The van der Waals surface area contributed by atoms with Crippen molar-refractivity contribution in [3.8, 4) is 0 Å². The molecule has 17 heavy (non-hydrogen) atoms. The zero-order valence-electron chi connectivity index (χ0n) is 10.4. The SMILES string of the molecule is CC1CCCN1[C@H]1C[C@H](c2ccc(Br)cc2)C1. The summed E-state index contributed by atoms with van der Waals surface area (Å²) in [6.07, 6.45) is 5.54. The Morgan fingerprint density at radius 2 is 1.88 bits per heavy atom. The minimum Gasteiger partial charge on any atom is -0.298 e. The lowest BCUT2D eigenvalue weighted by Crippen LogP contribution is -2.45. The first-order chi connectivity index (χ1) is 8.24. The quantitative estimate of drug-likeness (QED) is 0.791. The van der Waals surface area contributed by atoms with Gasteiger partial charge in [0.15, 0.2) is 0 Å².